The number of hydrogen-bond acceptors (Lipinski definition) is 4. The van der Waals surface area contributed by atoms with Crippen LogP contribution in [0.3, 0.4) is 0 Å². The fourth-order valence-electron chi connectivity index (χ4n) is 1.54. The third-order valence-electron chi connectivity index (χ3n) is 2.77. The molecule has 2 unspecified atom stereocenters. The Balaban J connectivity index is 2.48. The Hall–Kier alpha value is -0.580. The summed E-state index contributed by atoms with van der Waals surface area (Å²) in [5.74, 6) is 0. The number of nitrogens with one attached hydrogen (secondary N) is 1. The molecule has 4 heteroatoms. The third-order valence-corrected chi connectivity index (χ3v) is 3.93. The van der Waals surface area contributed by atoms with E-state index < -0.39 is 0 Å². The molecule has 2 N–H and O–H groups in total. The molecule has 0 bridgehead atoms. The maximum absolute atomic E-state index is 9.18. The minimum absolute atomic E-state index is 0.210. The summed E-state index contributed by atoms with van der Waals surface area (Å²) < 4.78 is 0. The first kappa shape index (κ1) is 13.5. The quantitative estimate of drug-likeness (QED) is 0.792. The standard InChI is InChI=1S/C12H20N2OS/c1-9-11(5-4-6-13-9)7-14-10(2)12(8-15)16-3/h4-6,10,12,14-15H,7-8H2,1-3H3. The summed E-state index contributed by atoms with van der Waals surface area (Å²) in [6.07, 6.45) is 3.83. The zero-order valence-electron chi connectivity index (χ0n) is 10.1. The van der Waals surface area contributed by atoms with E-state index in [9.17, 15) is 5.11 Å². The zero-order valence-corrected chi connectivity index (χ0v) is 10.9. The van der Waals surface area contributed by atoms with Gasteiger partial charge < -0.3 is 10.4 Å². The van der Waals surface area contributed by atoms with Gasteiger partial charge in [-0.2, -0.15) is 11.8 Å². The summed E-state index contributed by atoms with van der Waals surface area (Å²) >= 11 is 1.69. The SMILES string of the molecule is CSC(CO)C(C)NCc1cccnc1C. The van der Waals surface area contributed by atoms with Crippen LogP contribution in [0.5, 0.6) is 0 Å². The second kappa shape index (κ2) is 6.89. The number of hydrogen-bond donors (Lipinski definition) is 2. The number of pyridine rings is 1. The largest absolute Gasteiger partial charge is 0.395 e. The Kier molecular flexibility index (Phi) is 5.80. The van der Waals surface area contributed by atoms with Gasteiger partial charge in [0, 0.05) is 29.7 Å². The van der Waals surface area contributed by atoms with Crippen LogP contribution in [-0.4, -0.2) is 34.2 Å². The van der Waals surface area contributed by atoms with E-state index in [1.165, 1.54) is 5.56 Å². The van der Waals surface area contributed by atoms with Crippen LogP contribution < -0.4 is 5.32 Å². The second-order valence-electron chi connectivity index (χ2n) is 3.87. The number of thioether (sulfide) groups is 1. The first-order chi connectivity index (χ1) is 7.69. The van der Waals surface area contributed by atoms with Crippen molar-refractivity contribution < 1.29 is 5.11 Å². The summed E-state index contributed by atoms with van der Waals surface area (Å²) in [5, 5.41) is 12.8. The molecule has 1 aromatic rings. The Morgan fingerprint density at radius 1 is 1.56 bits per heavy atom. The highest BCUT2D eigenvalue weighted by atomic mass is 32.2. The fraction of sp³-hybridized carbons (Fsp3) is 0.583. The lowest BCUT2D eigenvalue weighted by Crippen LogP contribution is -2.37. The van der Waals surface area contributed by atoms with Gasteiger partial charge in [-0.05, 0) is 31.7 Å². The summed E-state index contributed by atoms with van der Waals surface area (Å²) in [7, 11) is 0. The van der Waals surface area contributed by atoms with Crippen molar-refractivity contribution in [3.63, 3.8) is 0 Å². The molecule has 0 saturated heterocycles. The lowest BCUT2D eigenvalue weighted by atomic mass is 10.2. The Bertz CT molecular complexity index is 316. The van der Waals surface area contributed by atoms with Gasteiger partial charge in [0.15, 0.2) is 0 Å². The van der Waals surface area contributed by atoms with Crippen LogP contribution in [0.15, 0.2) is 18.3 Å². The molecule has 0 aliphatic rings. The molecule has 16 heavy (non-hydrogen) atoms. The number of aryl methyl sites for hydroxylation is 1. The van der Waals surface area contributed by atoms with Crippen molar-refractivity contribution in [1.82, 2.24) is 10.3 Å². The molecule has 0 aliphatic heterocycles. The molecule has 0 saturated carbocycles. The Labute approximate surface area is 102 Å². The topological polar surface area (TPSA) is 45.1 Å². The van der Waals surface area contributed by atoms with Gasteiger partial charge in [-0.1, -0.05) is 6.07 Å². The molecule has 0 fully saturated rings. The van der Waals surface area contributed by atoms with Gasteiger partial charge >= 0.3 is 0 Å². The van der Waals surface area contributed by atoms with Crippen LogP contribution in [0.25, 0.3) is 0 Å². The molecule has 0 spiro atoms. The van der Waals surface area contributed by atoms with Gasteiger partial charge in [0.2, 0.25) is 0 Å². The van der Waals surface area contributed by atoms with Crippen LogP contribution in [0.4, 0.5) is 0 Å². The van der Waals surface area contributed by atoms with Crippen LogP contribution in [0.2, 0.25) is 0 Å². The van der Waals surface area contributed by atoms with E-state index >= 15 is 0 Å². The van der Waals surface area contributed by atoms with Gasteiger partial charge in [-0.15, -0.1) is 0 Å². The van der Waals surface area contributed by atoms with Crippen molar-refractivity contribution >= 4 is 11.8 Å². The van der Waals surface area contributed by atoms with Gasteiger partial charge in [0.1, 0.15) is 0 Å². The lowest BCUT2D eigenvalue weighted by molar-refractivity contribution is 0.276. The van der Waals surface area contributed by atoms with Crippen molar-refractivity contribution in [2.45, 2.75) is 31.7 Å². The summed E-state index contributed by atoms with van der Waals surface area (Å²) in [5.41, 5.74) is 2.28. The molecule has 0 radical (unpaired) electrons. The van der Waals surface area contributed by atoms with Crippen molar-refractivity contribution in [1.29, 1.82) is 0 Å². The first-order valence-electron chi connectivity index (χ1n) is 5.46. The number of aliphatic hydroxyl groups excluding tert-OH is 1. The molecular weight excluding hydrogens is 220 g/mol. The number of rotatable bonds is 6. The van der Waals surface area contributed by atoms with Crippen molar-refractivity contribution in [3.8, 4) is 0 Å². The average molecular weight is 240 g/mol. The van der Waals surface area contributed by atoms with Gasteiger partial charge in [-0.25, -0.2) is 0 Å². The van der Waals surface area contributed by atoms with E-state index in [0.29, 0.717) is 6.04 Å². The Morgan fingerprint density at radius 3 is 2.88 bits per heavy atom. The number of aromatic nitrogens is 1. The Morgan fingerprint density at radius 2 is 2.31 bits per heavy atom. The van der Waals surface area contributed by atoms with Crippen LogP contribution in [-0.2, 0) is 6.54 Å². The van der Waals surface area contributed by atoms with E-state index in [1.54, 1.807) is 18.0 Å². The first-order valence-corrected chi connectivity index (χ1v) is 6.75. The van der Waals surface area contributed by atoms with E-state index in [0.717, 1.165) is 12.2 Å². The van der Waals surface area contributed by atoms with Gasteiger partial charge in [-0.3, -0.25) is 4.98 Å². The molecule has 0 amide bonds. The van der Waals surface area contributed by atoms with Crippen LogP contribution in [0, 0.1) is 6.92 Å². The van der Waals surface area contributed by atoms with Crippen molar-refractivity contribution in [2.75, 3.05) is 12.9 Å². The van der Waals surface area contributed by atoms with E-state index in [-0.39, 0.29) is 11.9 Å². The van der Waals surface area contributed by atoms with Crippen LogP contribution in [0.1, 0.15) is 18.2 Å². The molecule has 3 nitrogen and oxygen atoms in total. The van der Waals surface area contributed by atoms with Crippen LogP contribution >= 0.6 is 11.8 Å². The predicted octanol–water partition coefficient (Wildman–Crippen LogP) is 1.59. The highest BCUT2D eigenvalue weighted by molar-refractivity contribution is 7.99. The zero-order chi connectivity index (χ0) is 12.0. The van der Waals surface area contributed by atoms with E-state index in [1.807, 2.05) is 19.2 Å². The van der Waals surface area contributed by atoms with Gasteiger partial charge in [0.25, 0.3) is 0 Å². The third kappa shape index (κ3) is 3.77. The lowest BCUT2D eigenvalue weighted by Gasteiger charge is -2.21. The molecule has 0 aromatic carbocycles. The highest BCUT2D eigenvalue weighted by Gasteiger charge is 2.14. The maximum Gasteiger partial charge on any atom is 0.0564 e. The average Bonchev–Trinajstić information content (AvgIpc) is 2.29. The minimum atomic E-state index is 0.210. The summed E-state index contributed by atoms with van der Waals surface area (Å²) in [6.45, 7) is 5.13. The molecular formula is C12H20N2OS. The number of aliphatic hydroxyl groups is 1. The smallest absolute Gasteiger partial charge is 0.0564 e. The minimum Gasteiger partial charge on any atom is -0.395 e. The fourth-order valence-corrected chi connectivity index (χ4v) is 2.20. The molecule has 1 aromatic heterocycles. The molecule has 1 rings (SSSR count). The molecule has 0 aliphatic carbocycles. The second-order valence-corrected chi connectivity index (χ2v) is 4.95. The summed E-state index contributed by atoms with van der Waals surface area (Å²) in [4.78, 5) is 4.25. The molecule has 2 atom stereocenters. The number of nitrogens with zero attached hydrogens (tertiary/aromatic N) is 1. The summed E-state index contributed by atoms with van der Waals surface area (Å²) in [6, 6.07) is 4.32. The highest BCUT2D eigenvalue weighted by Crippen LogP contribution is 2.11. The predicted molar refractivity (Wildman–Crippen MR) is 69.7 cm³/mol. The molecule has 90 valence electrons. The van der Waals surface area contributed by atoms with Crippen molar-refractivity contribution in [2.24, 2.45) is 0 Å². The van der Waals surface area contributed by atoms with E-state index in [2.05, 4.69) is 23.3 Å². The molecule has 1 heterocycles. The normalized spacial score (nSPS) is 14.8. The van der Waals surface area contributed by atoms with E-state index in [4.69, 9.17) is 0 Å². The van der Waals surface area contributed by atoms with Gasteiger partial charge in [0.05, 0.1) is 6.61 Å². The monoisotopic (exact) mass is 240 g/mol. The van der Waals surface area contributed by atoms with Crippen molar-refractivity contribution in [3.05, 3.63) is 29.6 Å². The maximum atomic E-state index is 9.18.